The molecule has 0 saturated carbocycles. The Hall–Kier alpha value is -1.25. The Kier molecular flexibility index (Phi) is 25.7. The molecule has 1 saturated heterocycles. The van der Waals surface area contributed by atoms with E-state index >= 15 is 0 Å². The zero-order valence-electron chi connectivity index (χ0n) is 29.3. The lowest BCUT2D eigenvalue weighted by Crippen LogP contribution is -2.29. The lowest BCUT2D eigenvalue weighted by Gasteiger charge is -2.18. The van der Waals surface area contributed by atoms with Gasteiger partial charge in [0.2, 0.25) is 0 Å². The topological polar surface area (TPSA) is 132 Å². The first-order valence-electron chi connectivity index (χ1n) is 18.5. The minimum atomic E-state index is -4.75. The summed E-state index contributed by atoms with van der Waals surface area (Å²) in [6, 6.07) is 0. The van der Waals surface area contributed by atoms with E-state index in [-0.39, 0.29) is 19.4 Å². The molecule has 2 N–H and O–H groups in total. The summed E-state index contributed by atoms with van der Waals surface area (Å²) in [5, 5.41) is 0. The van der Waals surface area contributed by atoms with Crippen LogP contribution in [-0.2, 0) is 32.9 Å². The average Bonchev–Trinajstić information content (AvgIpc) is 3.75. The van der Waals surface area contributed by atoms with Crippen LogP contribution in [0.2, 0.25) is 0 Å². The van der Waals surface area contributed by atoms with Crippen molar-refractivity contribution >= 4 is 19.8 Å². The van der Waals surface area contributed by atoms with Crippen LogP contribution in [0.1, 0.15) is 168 Å². The maximum absolute atomic E-state index is 12.4. The van der Waals surface area contributed by atoms with Gasteiger partial charge in [-0.05, 0) is 44.4 Å². The highest BCUT2D eigenvalue weighted by molar-refractivity contribution is 7.46. The second-order valence-electron chi connectivity index (χ2n) is 13.4. The fraction of sp³-hybridized carbons (Fsp3) is 0.889. The number of phosphoric ester groups is 1. The molecule has 46 heavy (non-hydrogen) atoms. The molecule has 2 unspecified atom stereocenters. The van der Waals surface area contributed by atoms with Gasteiger partial charge in [0, 0.05) is 12.8 Å². The molecule has 10 heteroatoms. The summed E-state index contributed by atoms with van der Waals surface area (Å²) in [4.78, 5) is 42.7. The highest BCUT2D eigenvalue weighted by Crippen LogP contribution is 2.36. The summed E-state index contributed by atoms with van der Waals surface area (Å²) < 4.78 is 32.1. The number of carbonyl (C=O) groups is 2. The third-order valence-electron chi connectivity index (χ3n) is 8.39. The van der Waals surface area contributed by atoms with Gasteiger partial charge in [-0.3, -0.25) is 14.1 Å². The number of phosphoric acid groups is 1. The Morgan fingerprint density at radius 3 is 1.93 bits per heavy atom. The highest BCUT2D eigenvalue weighted by Gasteiger charge is 2.36. The predicted octanol–water partition coefficient (Wildman–Crippen LogP) is 9.52. The molecule has 0 aromatic carbocycles. The minimum Gasteiger partial charge on any atom is -0.462 e. The first-order chi connectivity index (χ1) is 22.1. The number of allylic oxidation sites excluding steroid dienone is 1. The van der Waals surface area contributed by atoms with E-state index in [2.05, 4.69) is 37.4 Å². The summed E-state index contributed by atoms with van der Waals surface area (Å²) >= 11 is 0. The number of unbranched alkanes of at least 4 members (excludes halogenated alkanes) is 15. The van der Waals surface area contributed by atoms with Crippen molar-refractivity contribution in [3.8, 4) is 0 Å². The lowest BCUT2D eigenvalue weighted by molar-refractivity contribution is -0.161. The van der Waals surface area contributed by atoms with Crippen LogP contribution in [-0.4, -0.2) is 53.3 Å². The molecule has 0 aliphatic carbocycles. The van der Waals surface area contributed by atoms with Crippen molar-refractivity contribution < 1.29 is 42.7 Å². The molecule has 0 amide bonds. The summed E-state index contributed by atoms with van der Waals surface area (Å²) in [5.74, 6) is -0.119. The van der Waals surface area contributed by atoms with E-state index in [4.69, 9.17) is 24.0 Å². The molecule has 1 heterocycles. The van der Waals surface area contributed by atoms with Gasteiger partial charge in [-0.25, -0.2) is 4.57 Å². The van der Waals surface area contributed by atoms with Crippen molar-refractivity contribution in [1.82, 2.24) is 0 Å². The van der Waals surface area contributed by atoms with Crippen molar-refractivity contribution in [2.45, 2.75) is 187 Å². The number of esters is 2. The lowest BCUT2D eigenvalue weighted by atomic mass is 10.0. The Bertz CT molecular complexity index is 841. The Morgan fingerprint density at radius 1 is 0.739 bits per heavy atom. The van der Waals surface area contributed by atoms with E-state index in [0.717, 1.165) is 70.1 Å². The molecule has 0 aromatic heterocycles. The fourth-order valence-corrected chi connectivity index (χ4v) is 5.87. The summed E-state index contributed by atoms with van der Waals surface area (Å²) in [6.07, 6.45) is 28.2. The molecule has 3 atom stereocenters. The van der Waals surface area contributed by atoms with Crippen molar-refractivity contribution in [2.75, 3.05) is 13.2 Å². The zero-order chi connectivity index (χ0) is 33.9. The number of carbonyl (C=O) groups excluding carboxylic acids is 2. The molecule has 9 nitrogen and oxygen atoms in total. The second kappa shape index (κ2) is 27.7. The third kappa shape index (κ3) is 27.8. The van der Waals surface area contributed by atoms with E-state index in [0.29, 0.717) is 18.6 Å². The van der Waals surface area contributed by atoms with E-state index in [1.807, 2.05) is 0 Å². The normalized spacial score (nSPS) is 17.1. The molecule has 0 radical (unpaired) electrons. The van der Waals surface area contributed by atoms with Crippen LogP contribution in [0.5, 0.6) is 0 Å². The fourth-order valence-electron chi connectivity index (χ4n) is 5.50. The summed E-state index contributed by atoms with van der Waals surface area (Å²) in [7, 11) is -4.75. The number of rotatable bonds is 32. The van der Waals surface area contributed by atoms with Gasteiger partial charge in [0.1, 0.15) is 6.61 Å². The standard InChI is InChI=1S/C36H67O9P/c1-4-5-6-7-15-20-25-33-34(45-33)26-21-16-13-18-23-28-36(38)44-32(30-43-46(39,40)41)29-42-35(37)27-22-17-12-10-8-9-11-14-19-24-31(2)3/h15,20,31-34H,4-14,16-19,21-30H2,1-3H3,(H2,39,40,41)/b20-15-/t32-,33?,34?/m1/s1. The molecule has 1 aliphatic heterocycles. The van der Waals surface area contributed by atoms with Crippen LogP contribution in [0.25, 0.3) is 0 Å². The smallest absolute Gasteiger partial charge is 0.462 e. The second-order valence-corrected chi connectivity index (χ2v) is 14.7. The highest BCUT2D eigenvalue weighted by atomic mass is 31.2. The first kappa shape index (κ1) is 42.8. The number of hydrogen-bond donors (Lipinski definition) is 2. The number of ether oxygens (including phenoxy) is 3. The van der Waals surface area contributed by atoms with Crippen molar-refractivity contribution in [2.24, 2.45) is 5.92 Å². The molecule has 0 aromatic rings. The first-order valence-corrected chi connectivity index (χ1v) is 20.0. The van der Waals surface area contributed by atoms with Crippen molar-refractivity contribution in [1.29, 1.82) is 0 Å². The molecule has 0 bridgehead atoms. The molecule has 270 valence electrons. The summed E-state index contributed by atoms with van der Waals surface area (Å²) in [5.41, 5.74) is 0. The van der Waals surface area contributed by atoms with Crippen LogP contribution in [0.15, 0.2) is 12.2 Å². The van der Waals surface area contributed by atoms with Crippen LogP contribution < -0.4 is 0 Å². The Morgan fingerprint density at radius 2 is 1.33 bits per heavy atom. The SMILES string of the molecule is CCCCC/C=C\CC1OC1CCCCCCCC(=O)O[C@H](COC(=O)CCCCCCCCCCCC(C)C)COP(=O)(O)O. The van der Waals surface area contributed by atoms with Crippen LogP contribution in [0, 0.1) is 5.92 Å². The van der Waals surface area contributed by atoms with Gasteiger partial charge in [0.25, 0.3) is 0 Å². The molecule has 1 fully saturated rings. The molecule has 1 rings (SSSR count). The molecule has 0 spiro atoms. The van der Waals surface area contributed by atoms with Crippen LogP contribution >= 0.6 is 7.82 Å². The summed E-state index contributed by atoms with van der Waals surface area (Å²) in [6.45, 7) is 5.92. The van der Waals surface area contributed by atoms with Gasteiger partial charge >= 0.3 is 19.8 Å². The Balaban J connectivity index is 2.11. The molecular formula is C36H67O9P. The van der Waals surface area contributed by atoms with Crippen molar-refractivity contribution in [3.05, 3.63) is 12.2 Å². The number of hydrogen-bond acceptors (Lipinski definition) is 7. The molecule has 1 aliphatic rings. The quantitative estimate of drug-likeness (QED) is 0.0235. The van der Waals surface area contributed by atoms with Crippen molar-refractivity contribution in [3.63, 3.8) is 0 Å². The van der Waals surface area contributed by atoms with E-state index in [1.54, 1.807) is 0 Å². The third-order valence-corrected chi connectivity index (χ3v) is 8.87. The van der Waals surface area contributed by atoms with Gasteiger partial charge in [0.15, 0.2) is 6.10 Å². The zero-order valence-corrected chi connectivity index (χ0v) is 30.2. The maximum atomic E-state index is 12.4. The Labute approximate surface area is 280 Å². The van der Waals surface area contributed by atoms with Gasteiger partial charge in [-0.2, -0.15) is 0 Å². The van der Waals surface area contributed by atoms with E-state index < -0.39 is 32.5 Å². The van der Waals surface area contributed by atoms with Gasteiger partial charge in [-0.1, -0.05) is 129 Å². The average molecular weight is 675 g/mol. The minimum absolute atomic E-state index is 0.191. The van der Waals surface area contributed by atoms with Crippen LogP contribution in [0.3, 0.4) is 0 Å². The monoisotopic (exact) mass is 674 g/mol. The van der Waals surface area contributed by atoms with Gasteiger partial charge in [0.05, 0.1) is 18.8 Å². The van der Waals surface area contributed by atoms with E-state index in [9.17, 15) is 14.2 Å². The van der Waals surface area contributed by atoms with E-state index in [1.165, 1.54) is 64.2 Å². The maximum Gasteiger partial charge on any atom is 0.469 e. The van der Waals surface area contributed by atoms with Gasteiger partial charge < -0.3 is 24.0 Å². The largest absolute Gasteiger partial charge is 0.469 e. The van der Waals surface area contributed by atoms with Gasteiger partial charge in [-0.15, -0.1) is 0 Å². The van der Waals surface area contributed by atoms with Crippen LogP contribution in [0.4, 0.5) is 0 Å². The number of epoxide rings is 1. The molecular weight excluding hydrogens is 607 g/mol. The predicted molar refractivity (Wildman–Crippen MR) is 183 cm³/mol.